The second-order valence-electron chi connectivity index (χ2n) is 3.94. The summed E-state index contributed by atoms with van der Waals surface area (Å²) in [5.74, 6) is 0.188. The van der Waals surface area contributed by atoms with Crippen LogP contribution < -0.4 is 10.1 Å². The van der Waals surface area contributed by atoms with Crippen molar-refractivity contribution >= 4 is 0 Å². The molecular formula is C12H14F2N4O. The van der Waals surface area contributed by atoms with Crippen LogP contribution in [0.5, 0.6) is 5.75 Å². The zero-order chi connectivity index (χ0) is 13.7. The normalized spacial score (nSPS) is 10.9. The van der Waals surface area contributed by atoms with Crippen LogP contribution in [0.25, 0.3) is 0 Å². The molecule has 2 rings (SSSR count). The molecule has 0 fully saturated rings. The van der Waals surface area contributed by atoms with Crippen molar-refractivity contribution in [3.8, 4) is 5.75 Å². The van der Waals surface area contributed by atoms with Crippen molar-refractivity contribution in [2.45, 2.75) is 19.7 Å². The van der Waals surface area contributed by atoms with Crippen LogP contribution in [0.4, 0.5) is 8.78 Å². The maximum atomic E-state index is 12.2. The number of hydrogen-bond donors (Lipinski definition) is 1. The molecule has 1 aromatic carbocycles. The quantitative estimate of drug-likeness (QED) is 0.866. The van der Waals surface area contributed by atoms with E-state index in [2.05, 4.69) is 20.4 Å². The minimum absolute atomic E-state index is 0.188. The summed E-state index contributed by atoms with van der Waals surface area (Å²) in [6.45, 7) is -1.84. The average molecular weight is 268 g/mol. The fraction of sp³-hybridized carbons (Fsp3) is 0.333. The summed E-state index contributed by atoms with van der Waals surface area (Å²) >= 11 is 0. The molecule has 0 radical (unpaired) electrons. The van der Waals surface area contributed by atoms with E-state index in [-0.39, 0.29) is 5.75 Å². The molecule has 19 heavy (non-hydrogen) atoms. The van der Waals surface area contributed by atoms with Gasteiger partial charge in [0.2, 0.25) is 0 Å². The summed E-state index contributed by atoms with van der Waals surface area (Å²) < 4.78 is 30.6. The van der Waals surface area contributed by atoms with Crippen LogP contribution in [0.1, 0.15) is 11.3 Å². The Labute approximate surface area is 109 Å². The van der Waals surface area contributed by atoms with Crippen molar-refractivity contribution < 1.29 is 13.5 Å². The second kappa shape index (κ2) is 6.24. The highest BCUT2D eigenvalue weighted by Gasteiger charge is 2.08. The number of para-hydroxylation sites is 1. The molecule has 0 atom stereocenters. The first kappa shape index (κ1) is 13.4. The number of nitrogens with one attached hydrogen (secondary N) is 1. The average Bonchev–Trinajstić information content (AvgIpc) is 2.77. The van der Waals surface area contributed by atoms with E-state index < -0.39 is 6.61 Å². The van der Waals surface area contributed by atoms with Gasteiger partial charge in [-0.15, -0.1) is 5.10 Å². The highest BCUT2D eigenvalue weighted by Crippen LogP contribution is 2.19. The number of nitrogens with zero attached hydrogens (tertiary/aromatic N) is 3. The number of hydrogen-bond acceptors (Lipinski definition) is 4. The van der Waals surface area contributed by atoms with E-state index in [1.807, 2.05) is 0 Å². The zero-order valence-electron chi connectivity index (χ0n) is 10.4. The maximum absolute atomic E-state index is 12.2. The van der Waals surface area contributed by atoms with Gasteiger partial charge in [0, 0.05) is 25.7 Å². The Balaban J connectivity index is 1.94. The van der Waals surface area contributed by atoms with Gasteiger partial charge in [-0.3, -0.25) is 4.68 Å². The lowest BCUT2D eigenvalue weighted by atomic mass is 10.2. The molecule has 7 heteroatoms. The van der Waals surface area contributed by atoms with Gasteiger partial charge >= 0.3 is 6.61 Å². The Morgan fingerprint density at radius 2 is 2.11 bits per heavy atom. The summed E-state index contributed by atoms with van der Waals surface area (Å²) in [7, 11) is 1.79. The number of benzene rings is 1. The third-order valence-corrected chi connectivity index (χ3v) is 2.62. The summed E-state index contributed by atoms with van der Waals surface area (Å²) in [5.41, 5.74) is 1.59. The molecule has 102 valence electrons. The number of alkyl halides is 2. The fourth-order valence-corrected chi connectivity index (χ4v) is 1.66. The Kier molecular flexibility index (Phi) is 4.40. The first-order valence-electron chi connectivity index (χ1n) is 5.74. The SMILES string of the molecule is Cn1nncc1CNCc1ccccc1OC(F)F. The maximum Gasteiger partial charge on any atom is 0.387 e. The molecular weight excluding hydrogens is 254 g/mol. The lowest BCUT2D eigenvalue weighted by molar-refractivity contribution is -0.0505. The van der Waals surface area contributed by atoms with Gasteiger partial charge in [0.1, 0.15) is 5.75 Å². The Bertz CT molecular complexity index is 530. The van der Waals surface area contributed by atoms with Crippen LogP contribution in [-0.2, 0) is 20.1 Å². The molecule has 0 bridgehead atoms. The van der Waals surface area contributed by atoms with E-state index in [1.165, 1.54) is 6.07 Å². The molecule has 0 saturated carbocycles. The molecule has 1 N–H and O–H groups in total. The minimum Gasteiger partial charge on any atom is -0.434 e. The molecule has 0 aliphatic rings. The molecule has 0 aliphatic carbocycles. The van der Waals surface area contributed by atoms with Crippen LogP contribution in [0.15, 0.2) is 30.5 Å². The van der Waals surface area contributed by atoms with Gasteiger partial charge in [0.15, 0.2) is 0 Å². The Morgan fingerprint density at radius 1 is 1.32 bits per heavy atom. The molecule has 0 amide bonds. The Hall–Kier alpha value is -2.02. The van der Waals surface area contributed by atoms with Crippen LogP contribution in [0.2, 0.25) is 0 Å². The van der Waals surface area contributed by atoms with Gasteiger partial charge in [0.25, 0.3) is 0 Å². The lowest BCUT2D eigenvalue weighted by Gasteiger charge is -2.11. The van der Waals surface area contributed by atoms with Crippen molar-refractivity contribution in [1.29, 1.82) is 0 Å². The standard InChI is InChI=1S/C12H14F2N4O/c1-18-10(8-16-17-18)7-15-6-9-4-2-3-5-11(9)19-12(13)14/h2-5,8,12,15H,6-7H2,1H3. The van der Waals surface area contributed by atoms with Gasteiger partial charge in [0.05, 0.1) is 11.9 Å². The third-order valence-electron chi connectivity index (χ3n) is 2.62. The first-order chi connectivity index (χ1) is 9.16. The van der Waals surface area contributed by atoms with Crippen LogP contribution in [0.3, 0.4) is 0 Å². The molecule has 5 nitrogen and oxygen atoms in total. The molecule has 2 aromatic rings. The number of rotatable bonds is 6. The van der Waals surface area contributed by atoms with Crippen molar-refractivity contribution in [1.82, 2.24) is 20.3 Å². The van der Waals surface area contributed by atoms with Gasteiger partial charge in [-0.05, 0) is 6.07 Å². The topological polar surface area (TPSA) is 52.0 Å². The smallest absolute Gasteiger partial charge is 0.387 e. The summed E-state index contributed by atoms with van der Waals surface area (Å²) in [4.78, 5) is 0. The van der Waals surface area contributed by atoms with Crippen molar-refractivity contribution in [3.63, 3.8) is 0 Å². The molecule has 0 spiro atoms. The van der Waals surface area contributed by atoms with E-state index in [1.54, 1.807) is 36.1 Å². The number of aryl methyl sites for hydroxylation is 1. The molecule has 0 saturated heterocycles. The van der Waals surface area contributed by atoms with E-state index in [0.29, 0.717) is 18.7 Å². The lowest BCUT2D eigenvalue weighted by Crippen LogP contribution is -2.16. The third kappa shape index (κ3) is 3.72. The van der Waals surface area contributed by atoms with Gasteiger partial charge in [-0.25, -0.2) is 0 Å². The largest absolute Gasteiger partial charge is 0.434 e. The monoisotopic (exact) mass is 268 g/mol. The van der Waals surface area contributed by atoms with Crippen LogP contribution in [-0.4, -0.2) is 21.6 Å². The van der Waals surface area contributed by atoms with E-state index in [9.17, 15) is 8.78 Å². The van der Waals surface area contributed by atoms with Crippen molar-refractivity contribution in [2.75, 3.05) is 0 Å². The van der Waals surface area contributed by atoms with Gasteiger partial charge < -0.3 is 10.1 Å². The molecule has 1 aromatic heterocycles. The zero-order valence-corrected chi connectivity index (χ0v) is 10.4. The number of halogens is 2. The fourth-order valence-electron chi connectivity index (χ4n) is 1.66. The van der Waals surface area contributed by atoms with Crippen molar-refractivity contribution in [3.05, 3.63) is 41.7 Å². The summed E-state index contributed by atoms with van der Waals surface area (Å²) in [6.07, 6.45) is 1.65. The first-order valence-corrected chi connectivity index (χ1v) is 5.74. The van der Waals surface area contributed by atoms with Crippen LogP contribution in [0, 0.1) is 0 Å². The van der Waals surface area contributed by atoms with E-state index >= 15 is 0 Å². The Morgan fingerprint density at radius 3 is 2.79 bits per heavy atom. The number of aromatic nitrogens is 3. The van der Waals surface area contributed by atoms with Crippen molar-refractivity contribution in [2.24, 2.45) is 7.05 Å². The molecule has 0 aliphatic heterocycles. The van der Waals surface area contributed by atoms with Gasteiger partial charge in [-0.2, -0.15) is 8.78 Å². The summed E-state index contributed by atoms with van der Waals surface area (Å²) in [6, 6.07) is 6.70. The molecule has 1 heterocycles. The minimum atomic E-state index is -2.82. The highest BCUT2D eigenvalue weighted by atomic mass is 19.3. The second-order valence-corrected chi connectivity index (χ2v) is 3.94. The number of ether oxygens (including phenoxy) is 1. The predicted octanol–water partition coefficient (Wildman–Crippen LogP) is 1.71. The van der Waals surface area contributed by atoms with Gasteiger partial charge in [-0.1, -0.05) is 23.4 Å². The molecule has 0 unspecified atom stereocenters. The van der Waals surface area contributed by atoms with E-state index in [4.69, 9.17) is 0 Å². The highest BCUT2D eigenvalue weighted by molar-refractivity contribution is 5.33. The van der Waals surface area contributed by atoms with E-state index in [0.717, 1.165) is 5.69 Å². The summed E-state index contributed by atoms with van der Waals surface area (Å²) in [5, 5.41) is 10.7. The van der Waals surface area contributed by atoms with Crippen LogP contribution >= 0.6 is 0 Å². The predicted molar refractivity (Wildman–Crippen MR) is 64.6 cm³/mol.